The van der Waals surface area contributed by atoms with Crippen LogP contribution in [0.15, 0.2) is 42.5 Å². The molecule has 0 spiro atoms. The van der Waals surface area contributed by atoms with Crippen molar-refractivity contribution in [3.05, 3.63) is 53.1 Å². The van der Waals surface area contributed by atoms with Gasteiger partial charge in [0.25, 0.3) is 5.91 Å². The molecule has 2 aromatic rings. The summed E-state index contributed by atoms with van der Waals surface area (Å²) in [6.07, 6.45) is 0. The molecule has 8 nitrogen and oxygen atoms in total. The van der Waals surface area contributed by atoms with Gasteiger partial charge in [-0.3, -0.25) is 10.1 Å². The van der Waals surface area contributed by atoms with Crippen molar-refractivity contribution in [1.82, 2.24) is 5.32 Å². The third-order valence-corrected chi connectivity index (χ3v) is 3.56. The number of nitrogens with one attached hydrogen (secondary N) is 2. The minimum Gasteiger partial charge on any atom is -0.454 e. The SMILES string of the molecule is O=C(COC(=O)c1cc(Cl)c2c(c1)OCO2)NC(=O)Nc1ccccc1. The fourth-order valence-electron chi connectivity index (χ4n) is 2.15. The highest BCUT2D eigenvalue weighted by atomic mass is 35.5. The summed E-state index contributed by atoms with van der Waals surface area (Å²) in [6, 6.07) is 10.6. The average molecular weight is 377 g/mol. The summed E-state index contributed by atoms with van der Waals surface area (Å²) < 4.78 is 15.2. The summed E-state index contributed by atoms with van der Waals surface area (Å²) in [7, 11) is 0. The number of benzene rings is 2. The fourth-order valence-corrected chi connectivity index (χ4v) is 2.41. The standard InChI is InChI=1S/C17H13ClN2O6/c18-12-6-10(7-13-15(12)26-9-25-13)16(22)24-8-14(21)20-17(23)19-11-4-2-1-3-5-11/h1-7H,8-9H2,(H2,19,20,21,23). The van der Waals surface area contributed by atoms with Gasteiger partial charge in [0.1, 0.15) is 0 Å². The molecular weight excluding hydrogens is 364 g/mol. The molecule has 0 atom stereocenters. The Hall–Kier alpha value is -3.26. The van der Waals surface area contributed by atoms with E-state index >= 15 is 0 Å². The second kappa shape index (κ2) is 7.75. The summed E-state index contributed by atoms with van der Waals surface area (Å²) in [5, 5.41) is 4.71. The molecule has 0 saturated carbocycles. The van der Waals surface area contributed by atoms with E-state index in [9.17, 15) is 14.4 Å². The monoisotopic (exact) mass is 376 g/mol. The van der Waals surface area contributed by atoms with Crippen molar-refractivity contribution in [2.24, 2.45) is 0 Å². The van der Waals surface area contributed by atoms with Crippen molar-refractivity contribution in [1.29, 1.82) is 0 Å². The van der Waals surface area contributed by atoms with Crippen LogP contribution in [0.4, 0.5) is 10.5 Å². The number of rotatable bonds is 4. The molecule has 0 aromatic heterocycles. The molecule has 9 heteroatoms. The Balaban J connectivity index is 1.50. The minimum atomic E-state index is -0.788. The van der Waals surface area contributed by atoms with Gasteiger partial charge in [-0.2, -0.15) is 0 Å². The number of fused-ring (bicyclic) bond motifs is 1. The average Bonchev–Trinajstić information content (AvgIpc) is 3.09. The number of halogens is 1. The van der Waals surface area contributed by atoms with Gasteiger partial charge < -0.3 is 19.5 Å². The molecule has 1 aliphatic rings. The van der Waals surface area contributed by atoms with Crippen molar-refractivity contribution in [2.45, 2.75) is 0 Å². The van der Waals surface area contributed by atoms with E-state index in [1.165, 1.54) is 12.1 Å². The number of urea groups is 1. The van der Waals surface area contributed by atoms with Crippen molar-refractivity contribution < 1.29 is 28.6 Å². The first kappa shape index (κ1) is 17.6. The number of carbonyl (C=O) groups excluding carboxylic acids is 3. The second-order valence-corrected chi connectivity index (χ2v) is 5.54. The zero-order chi connectivity index (χ0) is 18.5. The Morgan fingerprint density at radius 3 is 2.65 bits per heavy atom. The van der Waals surface area contributed by atoms with E-state index in [1.54, 1.807) is 30.3 Å². The molecule has 0 aliphatic carbocycles. The normalized spacial score (nSPS) is 11.6. The van der Waals surface area contributed by atoms with E-state index in [2.05, 4.69) is 10.6 Å². The van der Waals surface area contributed by atoms with Gasteiger partial charge in [-0.05, 0) is 24.3 Å². The molecule has 26 heavy (non-hydrogen) atoms. The van der Waals surface area contributed by atoms with E-state index in [-0.39, 0.29) is 17.4 Å². The Bertz CT molecular complexity index is 856. The Kier molecular flexibility index (Phi) is 5.23. The first-order valence-corrected chi connectivity index (χ1v) is 7.83. The maximum absolute atomic E-state index is 12.0. The second-order valence-electron chi connectivity index (χ2n) is 5.14. The molecule has 0 fully saturated rings. The summed E-state index contributed by atoms with van der Waals surface area (Å²) in [5.41, 5.74) is 0.616. The van der Waals surface area contributed by atoms with E-state index in [0.29, 0.717) is 17.2 Å². The molecule has 1 heterocycles. The topological polar surface area (TPSA) is 103 Å². The molecule has 0 saturated heterocycles. The number of esters is 1. The number of anilines is 1. The molecule has 134 valence electrons. The molecule has 2 aromatic carbocycles. The van der Waals surface area contributed by atoms with Crippen LogP contribution in [0.5, 0.6) is 11.5 Å². The lowest BCUT2D eigenvalue weighted by Gasteiger charge is -2.08. The quantitative estimate of drug-likeness (QED) is 0.795. The number of hydrogen-bond acceptors (Lipinski definition) is 6. The predicted molar refractivity (Wildman–Crippen MR) is 91.5 cm³/mol. The van der Waals surface area contributed by atoms with Gasteiger partial charge in [0, 0.05) is 5.69 Å². The molecule has 3 rings (SSSR count). The number of hydrogen-bond donors (Lipinski definition) is 2. The van der Waals surface area contributed by atoms with Crippen LogP contribution in [-0.4, -0.2) is 31.3 Å². The van der Waals surface area contributed by atoms with Gasteiger partial charge in [0.05, 0.1) is 10.6 Å². The van der Waals surface area contributed by atoms with Crippen molar-refractivity contribution in [3.63, 3.8) is 0 Å². The molecule has 0 bridgehead atoms. The first-order valence-electron chi connectivity index (χ1n) is 7.45. The summed E-state index contributed by atoms with van der Waals surface area (Å²) in [5.74, 6) is -0.905. The van der Waals surface area contributed by atoms with E-state index in [4.69, 9.17) is 25.8 Å². The highest BCUT2D eigenvalue weighted by Gasteiger charge is 2.22. The van der Waals surface area contributed by atoms with Crippen LogP contribution in [0.3, 0.4) is 0 Å². The van der Waals surface area contributed by atoms with Gasteiger partial charge in [0.2, 0.25) is 6.79 Å². The third kappa shape index (κ3) is 4.22. The molecule has 1 aliphatic heterocycles. The number of para-hydroxylation sites is 1. The van der Waals surface area contributed by atoms with Crippen LogP contribution in [-0.2, 0) is 9.53 Å². The lowest BCUT2D eigenvalue weighted by atomic mass is 10.2. The molecule has 3 amide bonds. The fraction of sp³-hybridized carbons (Fsp3) is 0.118. The minimum absolute atomic E-state index is 0.00643. The number of imide groups is 1. The maximum atomic E-state index is 12.0. The van der Waals surface area contributed by atoms with Gasteiger partial charge in [-0.1, -0.05) is 29.8 Å². The molecule has 0 radical (unpaired) electrons. The van der Waals surface area contributed by atoms with Crippen LogP contribution >= 0.6 is 11.6 Å². The molecule has 0 unspecified atom stereocenters. The van der Waals surface area contributed by atoms with Crippen molar-refractivity contribution >= 4 is 35.2 Å². The highest BCUT2D eigenvalue weighted by molar-refractivity contribution is 6.32. The van der Waals surface area contributed by atoms with Crippen LogP contribution < -0.4 is 20.1 Å². The number of amides is 3. The highest BCUT2D eigenvalue weighted by Crippen LogP contribution is 2.39. The van der Waals surface area contributed by atoms with E-state index in [1.807, 2.05) is 0 Å². The van der Waals surface area contributed by atoms with Gasteiger partial charge in [-0.15, -0.1) is 0 Å². The lowest BCUT2D eigenvalue weighted by molar-refractivity contribution is -0.123. The summed E-state index contributed by atoms with van der Waals surface area (Å²) >= 11 is 5.98. The van der Waals surface area contributed by atoms with Crippen LogP contribution in [0.25, 0.3) is 0 Å². The van der Waals surface area contributed by atoms with E-state index < -0.39 is 24.5 Å². The largest absolute Gasteiger partial charge is 0.454 e. The van der Waals surface area contributed by atoms with Gasteiger partial charge in [0.15, 0.2) is 18.1 Å². The lowest BCUT2D eigenvalue weighted by Crippen LogP contribution is -2.37. The summed E-state index contributed by atoms with van der Waals surface area (Å²) in [6.45, 7) is -0.625. The van der Waals surface area contributed by atoms with Crippen LogP contribution in [0.1, 0.15) is 10.4 Å². The third-order valence-electron chi connectivity index (χ3n) is 3.28. The van der Waals surface area contributed by atoms with Crippen molar-refractivity contribution in [2.75, 3.05) is 18.7 Å². The Morgan fingerprint density at radius 2 is 1.88 bits per heavy atom. The Morgan fingerprint density at radius 1 is 1.12 bits per heavy atom. The first-order chi connectivity index (χ1) is 12.5. The van der Waals surface area contributed by atoms with Crippen molar-refractivity contribution in [3.8, 4) is 11.5 Å². The maximum Gasteiger partial charge on any atom is 0.338 e. The van der Waals surface area contributed by atoms with Gasteiger partial charge >= 0.3 is 12.0 Å². The molecular formula is C17H13ClN2O6. The number of ether oxygens (including phenoxy) is 3. The zero-order valence-electron chi connectivity index (χ0n) is 13.3. The van der Waals surface area contributed by atoms with Crippen LogP contribution in [0, 0.1) is 0 Å². The molecule has 2 N–H and O–H groups in total. The van der Waals surface area contributed by atoms with Crippen LogP contribution in [0.2, 0.25) is 5.02 Å². The number of carbonyl (C=O) groups is 3. The zero-order valence-corrected chi connectivity index (χ0v) is 14.0. The smallest absolute Gasteiger partial charge is 0.338 e. The predicted octanol–water partition coefficient (Wildman–Crippen LogP) is 2.57. The van der Waals surface area contributed by atoms with E-state index in [0.717, 1.165) is 0 Å². The summed E-state index contributed by atoms with van der Waals surface area (Å²) in [4.78, 5) is 35.4. The Labute approximate surface area is 153 Å². The van der Waals surface area contributed by atoms with Gasteiger partial charge in [-0.25, -0.2) is 9.59 Å².